The molecule has 2 aromatic carbocycles. The SMILES string of the molecule is CC(C)C1COC(=O)N1c1ccnc(N[C@@H](C)c2ccc(Nc3cccc(NC(=O)OC(C)(C)C)c3)cc2)n1. The summed E-state index contributed by atoms with van der Waals surface area (Å²) in [5.74, 6) is 1.18. The second kappa shape index (κ2) is 11.6. The van der Waals surface area contributed by atoms with E-state index in [9.17, 15) is 9.59 Å². The predicted octanol–water partition coefficient (Wildman–Crippen LogP) is 6.72. The Morgan fingerprint density at radius 1 is 1.05 bits per heavy atom. The monoisotopic (exact) mass is 532 g/mol. The number of carbonyl (C=O) groups excluding carboxylic acids is 2. The first-order valence-electron chi connectivity index (χ1n) is 13.0. The molecule has 2 heterocycles. The maximum atomic E-state index is 12.3. The quantitative estimate of drug-likeness (QED) is 0.293. The van der Waals surface area contributed by atoms with Crippen LogP contribution in [0.15, 0.2) is 60.8 Å². The summed E-state index contributed by atoms with van der Waals surface area (Å²) in [6, 6.07) is 17.0. The first-order chi connectivity index (χ1) is 18.5. The zero-order valence-electron chi connectivity index (χ0n) is 23.2. The summed E-state index contributed by atoms with van der Waals surface area (Å²) in [6.07, 6.45) is 0.750. The number of hydrogen-bond acceptors (Lipinski definition) is 8. The summed E-state index contributed by atoms with van der Waals surface area (Å²) in [6.45, 7) is 11.9. The minimum absolute atomic E-state index is 0.0634. The van der Waals surface area contributed by atoms with Crippen molar-refractivity contribution in [1.29, 1.82) is 0 Å². The fraction of sp³-hybridized carbons (Fsp3) is 0.379. The van der Waals surface area contributed by atoms with Crippen molar-refractivity contribution in [2.75, 3.05) is 27.5 Å². The van der Waals surface area contributed by atoms with Crippen molar-refractivity contribution >= 4 is 41.0 Å². The molecule has 206 valence electrons. The highest BCUT2D eigenvalue weighted by molar-refractivity contribution is 5.89. The smallest absolute Gasteiger partial charge is 0.415 e. The number of nitrogens with zero attached hydrogens (tertiary/aromatic N) is 3. The summed E-state index contributed by atoms with van der Waals surface area (Å²) in [5.41, 5.74) is 2.82. The third-order valence-electron chi connectivity index (χ3n) is 6.12. The Labute approximate surface area is 229 Å². The summed E-state index contributed by atoms with van der Waals surface area (Å²) in [4.78, 5) is 34.9. The first kappa shape index (κ1) is 27.7. The number of anilines is 5. The number of benzene rings is 2. The van der Waals surface area contributed by atoms with Crippen LogP contribution in [0, 0.1) is 5.92 Å². The molecule has 0 saturated carbocycles. The van der Waals surface area contributed by atoms with Gasteiger partial charge in [0.25, 0.3) is 0 Å². The van der Waals surface area contributed by atoms with E-state index >= 15 is 0 Å². The largest absolute Gasteiger partial charge is 0.447 e. The molecule has 0 spiro atoms. The molecule has 3 N–H and O–H groups in total. The average molecular weight is 533 g/mol. The van der Waals surface area contributed by atoms with E-state index in [4.69, 9.17) is 9.47 Å². The molecule has 10 heteroatoms. The summed E-state index contributed by atoms with van der Waals surface area (Å²) < 4.78 is 10.6. The molecule has 2 atom stereocenters. The highest BCUT2D eigenvalue weighted by Crippen LogP contribution is 2.27. The van der Waals surface area contributed by atoms with Crippen LogP contribution in [0.5, 0.6) is 0 Å². The summed E-state index contributed by atoms with van der Waals surface area (Å²) in [5, 5.41) is 9.42. The number of amides is 2. The lowest BCUT2D eigenvalue weighted by Gasteiger charge is -2.23. The molecule has 0 aliphatic carbocycles. The fourth-order valence-corrected chi connectivity index (χ4v) is 4.14. The van der Waals surface area contributed by atoms with E-state index in [1.54, 1.807) is 23.2 Å². The molecule has 3 aromatic rings. The van der Waals surface area contributed by atoms with Gasteiger partial charge < -0.3 is 20.1 Å². The van der Waals surface area contributed by atoms with Gasteiger partial charge in [0.2, 0.25) is 5.95 Å². The molecular weight excluding hydrogens is 496 g/mol. The lowest BCUT2D eigenvalue weighted by molar-refractivity contribution is 0.0636. The van der Waals surface area contributed by atoms with Crippen LogP contribution >= 0.6 is 0 Å². The van der Waals surface area contributed by atoms with Gasteiger partial charge in [0.05, 0.1) is 12.1 Å². The second-order valence-corrected chi connectivity index (χ2v) is 10.8. The number of aromatic nitrogens is 2. The van der Waals surface area contributed by atoms with Crippen LogP contribution < -0.4 is 20.9 Å². The van der Waals surface area contributed by atoms with Crippen LogP contribution in [0.3, 0.4) is 0 Å². The van der Waals surface area contributed by atoms with Crippen LogP contribution in [0.1, 0.15) is 53.1 Å². The zero-order chi connectivity index (χ0) is 28.2. The molecule has 39 heavy (non-hydrogen) atoms. The van der Waals surface area contributed by atoms with Crippen molar-refractivity contribution in [2.45, 2.75) is 59.2 Å². The van der Waals surface area contributed by atoms with Crippen LogP contribution in [0.25, 0.3) is 0 Å². The Balaban J connectivity index is 1.38. The molecule has 1 fully saturated rings. The Hall–Kier alpha value is -4.34. The van der Waals surface area contributed by atoms with Crippen LogP contribution in [-0.4, -0.2) is 40.4 Å². The van der Waals surface area contributed by atoms with Crippen molar-refractivity contribution in [3.8, 4) is 0 Å². The van der Waals surface area contributed by atoms with E-state index in [2.05, 4.69) is 39.8 Å². The van der Waals surface area contributed by atoms with E-state index in [1.165, 1.54) is 0 Å². The number of ether oxygens (including phenoxy) is 2. The third kappa shape index (κ3) is 7.37. The highest BCUT2D eigenvalue weighted by atomic mass is 16.6. The first-order valence-corrected chi connectivity index (χ1v) is 13.0. The molecule has 1 unspecified atom stereocenters. The van der Waals surface area contributed by atoms with Crippen molar-refractivity contribution < 1.29 is 19.1 Å². The normalized spacial score (nSPS) is 16.0. The molecule has 0 bridgehead atoms. The minimum Gasteiger partial charge on any atom is -0.447 e. The maximum absolute atomic E-state index is 12.3. The van der Waals surface area contributed by atoms with Crippen molar-refractivity contribution in [1.82, 2.24) is 9.97 Å². The standard InChI is InChI=1S/C29H36N6O4/c1-18(2)24-17-38-28(37)35(24)25-14-15-30-26(34-25)31-19(3)20-10-12-21(13-11-20)32-22-8-7-9-23(16-22)33-27(36)39-29(4,5)6/h7-16,18-19,24,32H,17H2,1-6H3,(H,33,36)(H,30,31,34)/t19-,24?/m0/s1. The van der Waals surface area contributed by atoms with E-state index in [0.717, 1.165) is 16.9 Å². The summed E-state index contributed by atoms with van der Waals surface area (Å²) in [7, 11) is 0. The van der Waals surface area contributed by atoms with Gasteiger partial charge in [-0.15, -0.1) is 0 Å². The van der Waals surface area contributed by atoms with Gasteiger partial charge in [-0.05, 0) is 75.6 Å². The Morgan fingerprint density at radius 3 is 2.46 bits per heavy atom. The molecule has 1 aromatic heterocycles. The topological polar surface area (TPSA) is 118 Å². The zero-order valence-corrected chi connectivity index (χ0v) is 23.2. The molecule has 4 rings (SSSR count). The number of nitrogens with one attached hydrogen (secondary N) is 3. The van der Waals surface area contributed by atoms with E-state index in [0.29, 0.717) is 24.1 Å². The van der Waals surface area contributed by atoms with Crippen LogP contribution in [-0.2, 0) is 9.47 Å². The van der Waals surface area contributed by atoms with E-state index in [1.807, 2.05) is 70.2 Å². The van der Waals surface area contributed by atoms with Gasteiger partial charge in [-0.3, -0.25) is 10.2 Å². The average Bonchev–Trinajstić information content (AvgIpc) is 3.25. The Kier molecular flexibility index (Phi) is 8.23. The molecule has 10 nitrogen and oxygen atoms in total. The fourth-order valence-electron chi connectivity index (χ4n) is 4.14. The maximum Gasteiger partial charge on any atom is 0.415 e. The van der Waals surface area contributed by atoms with Gasteiger partial charge in [-0.2, -0.15) is 4.98 Å². The number of carbonyl (C=O) groups is 2. The molecule has 0 radical (unpaired) electrons. The van der Waals surface area contributed by atoms with E-state index in [-0.39, 0.29) is 24.1 Å². The van der Waals surface area contributed by atoms with E-state index < -0.39 is 11.7 Å². The number of rotatable bonds is 8. The van der Waals surface area contributed by atoms with Crippen LogP contribution in [0.2, 0.25) is 0 Å². The lowest BCUT2D eigenvalue weighted by Crippen LogP contribution is -2.37. The van der Waals surface area contributed by atoms with Crippen LogP contribution in [0.4, 0.5) is 38.4 Å². The molecular formula is C29H36N6O4. The van der Waals surface area contributed by atoms with Crippen molar-refractivity contribution in [2.24, 2.45) is 5.92 Å². The number of cyclic esters (lactones) is 1. The molecule has 1 aliphatic rings. The molecule has 1 aliphatic heterocycles. The lowest BCUT2D eigenvalue weighted by atomic mass is 10.0. The highest BCUT2D eigenvalue weighted by Gasteiger charge is 2.37. The van der Waals surface area contributed by atoms with Crippen molar-refractivity contribution in [3.63, 3.8) is 0 Å². The Morgan fingerprint density at radius 2 is 1.77 bits per heavy atom. The second-order valence-electron chi connectivity index (χ2n) is 10.8. The van der Waals surface area contributed by atoms with Gasteiger partial charge in [-0.25, -0.2) is 14.6 Å². The van der Waals surface area contributed by atoms with Gasteiger partial charge in [0.1, 0.15) is 18.0 Å². The van der Waals surface area contributed by atoms with Gasteiger partial charge in [0, 0.05) is 23.3 Å². The third-order valence-corrected chi connectivity index (χ3v) is 6.12. The molecule has 2 amide bonds. The minimum atomic E-state index is -0.568. The van der Waals surface area contributed by atoms with Gasteiger partial charge >= 0.3 is 12.2 Å². The van der Waals surface area contributed by atoms with Gasteiger partial charge in [-0.1, -0.05) is 32.0 Å². The number of hydrogen-bond donors (Lipinski definition) is 3. The summed E-state index contributed by atoms with van der Waals surface area (Å²) >= 11 is 0. The van der Waals surface area contributed by atoms with Crippen molar-refractivity contribution in [3.05, 3.63) is 66.4 Å². The van der Waals surface area contributed by atoms with Gasteiger partial charge in [0.15, 0.2) is 0 Å². The Bertz CT molecular complexity index is 1310. The predicted molar refractivity (Wildman–Crippen MR) is 153 cm³/mol. The molecule has 1 saturated heterocycles.